The molecule has 0 radical (unpaired) electrons. The number of hydrogen-bond acceptors (Lipinski definition) is 1. The molecule has 1 fully saturated rings. The van der Waals surface area contributed by atoms with Crippen LogP contribution in [0.4, 0.5) is 4.39 Å². The summed E-state index contributed by atoms with van der Waals surface area (Å²) in [6.07, 6.45) is 6.23. The fourth-order valence-electron chi connectivity index (χ4n) is 2.14. The van der Waals surface area contributed by atoms with Gasteiger partial charge in [-0.1, -0.05) is 22.4 Å². The summed E-state index contributed by atoms with van der Waals surface area (Å²) in [6.45, 7) is 0. The van der Waals surface area contributed by atoms with E-state index < -0.39 is 0 Å². The molecule has 0 spiro atoms. The van der Waals surface area contributed by atoms with Crippen LogP contribution in [0.15, 0.2) is 18.2 Å². The zero-order valence-corrected chi connectivity index (χ0v) is 10.8. The summed E-state index contributed by atoms with van der Waals surface area (Å²) in [6, 6.07) is 4.91. The maximum absolute atomic E-state index is 13.3. The number of hydrogen-bond donors (Lipinski definition) is 0. The van der Waals surface area contributed by atoms with Gasteiger partial charge in [0.05, 0.1) is 6.10 Å². The molecule has 0 amide bonds. The van der Waals surface area contributed by atoms with E-state index in [9.17, 15) is 4.39 Å². The summed E-state index contributed by atoms with van der Waals surface area (Å²) >= 11 is 3.33. The Bertz CT molecular complexity index is 348. The van der Waals surface area contributed by atoms with Crippen LogP contribution >= 0.6 is 15.9 Å². The standard InChI is InChI=1S/C13H16BrFO/c14-9-10-6-11(15)8-13(7-10)16-12-4-2-1-3-5-12/h6-8,12H,1-5,9H2. The van der Waals surface area contributed by atoms with Gasteiger partial charge in [0.15, 0.2) is 0 Å². The van der Waals surface area contributed by atoms with Gasteiger partial charge in [-0.3, -0.25) is 0 Å². The van der Waals surface area contributed by atoms with Crippen molar-refractivity contribution in [2.75, 3.05) is 0 Å². The van der Waals surface area contributed by atoms with Gasteiger partial charge >= 0.3 is 0 Å². The third-order valence-corrected chi connectivity index (χ3v) is 3.59. The Labute approximate surface area is 104 Å². The molecule has 0 atom stereocenters. The minimum Gasteiger partial charge on any atom is -0.490 e. The first kappa shape index (κ1) is 11.9. The van der Waals surface area contributed by atoms with E-state index >= 15 is 0 Å². The Hall–Kier alpha value is -0.570. The topological polar surface area (TPSA) is 9.23 Å². The van der Waals surface area contributed by atoms with E-state index in [2.05, 4.69) is 15.9 Å². The third kappa shape index (κ3) is 3.21. The average Bonchev–Trinajstić information content (AvgIpc) is 2.29. The minimum atomic E-state index is -0.220. The molecule has 16 heavy (non-hydrogen) atoms. The fourth-order valence-corrected chi connectivity index (χ4v) is 2.47. The lowest BCUT2D eigenvalue weighted by molar-refractivity contribution is 0.154. The summed E-state index contributed by atoms with van der Waals surface area (Å²) in [4.78, 5) is 0. The van der Waals surface area contributed by atoms with E-state index in [1.54, 1.807) is 0 Å². The first-order chi connectivity index (χ1) is 7.78. The zero-order valence-electron chi connectivity index (χ0n) is 9.22. The van der Waals surface area contributed by atoms with Crippen molar-refractivity contribution in [2.24, 2.45) is 0 Å². The highest BCUT2D eigenvalue weighted by molar-refractivity contribution is 9.08. The quantitative estimate of drug-likeness (QED) is 0.747. The molecule has 0 saturated heterocycles. The van der Waals surface area contributed by atoms with Crippen LogP contribution in [0.5, 0.6) is 5.75 Å². The lowest BCUT2D eigenvalue weighted by atomic mass is 9.98. The van der Waals surface area contributed by atoms with Gasteiger partial charge in [0.2, 0.25) is 0 Å². The molecule has 1 aliphatic carbocycles. The van der Waals surface area contributed by atoms with E-state index in [0.29, 0.717) is 11.1 Å². The van der Waals surface area contributed by atoms with E-state index in [-0.39, 0.29) is 11.9 Å². The molecule has 0 heterocycles. The van der Waals surface area contributed by atoms with Crippen LogP contribution in [-0.4, -0.2) is 6.10 Å². The fraction of sp³-hybridized carbons (Fsp3) is 0.538. The smallest absolute Gasteiger partial charge is 0.127 e. The molecular weight excluding hydrogens is 271 g/mol. The number of benzene rings is 1. The molecule has 0 aliphatic heterocycles. The molecule has 1 aliphatic rings. The summed E-state index contributed by atoms with van der Waals surface area (Å²) in [5.41, 5.74) is 0.922. The van der Waals surface area contributed by atoms with Gasteiger partial charge < -0.3 is 4.74 Å². The van der Waals surface area contributed by atoms with Crippen molar-refractivity contribution in [3.8, 4) is 5.75 Å². The van der Waals surface area contributed by atoms with Gasteiger partial charge in [0, 0.05) is 11.4 Å². The van der Waals surface area contributed by atoms with Gasteiger partial charge in [0.1, 0.15) is 11.6 Å². The van der Waals surface area contributed by atoms with Crippen molar-refractivity contribution in [3.05, 3.63) is 29.6 Å². The number of alkyl halides is 1. The molecule has 0 unspecified atom stereocenters. The van der Waals surface area contributed by atoms with Crippen molar-refractivity contribution in [3.63, 3.8) is 0 Å². The molecule has 88 valence electrons. The van der Waals surface area contributed by atoms with E-state index in [0.717, 1.165) is 18.4 Å². The summed E-state index contributed by atoms with van der Waals surface area (Å²) < 4.78 is 19.1. The second-order valence-electron chi connectivity index (χ2n) is 4.31. The van der Waals surface area contributed by atoms with Crippen molar-refractivity contribution in [2.45, 2.75) is 43.5 Å². The normalized spacial score (nSPS) is 17.4. The maximum atomic E-state index is 13.3. The molecule has 1 nitrogen and oxygen atoms in total. The number of halogens is 2. The van der Waals surface area contributed by atoms with Crippen LogP contribution in [-0.2, 0) is 5.33 Å². The van der Waals surface area contributed by atoms with E-state index in [4.69, 9.17) is 4.74 Å². The summed E-state index contributed by atoms with van der Waals surface area (Å²) in [5, 5.41) is 0.659. The summed E-state index contributed by atoms with van der Waals surface area (Å²) in [5.74, 6) is 0.448. The van der Waals surface area contributed by atoms with E-state index in [1.807, 2.05) is 6.07 Å². The van der Waals surface area contributed by atoms with Crippen LogP contribution in [0.25, 0.3) is 0 Å². The lowest BCUT2D eigenvalue weighted by Gasteiger charge is -2.23. The van der Waals surface area contributed by atoms with Crippen molar-refractivity contribution < 1.29 is 9.13 Å². The van der Waals surface area contributed by atoms with Gasteiger partial charge in [-0.2, -0.15) is 0 Å². The second-order valence-corrected chi connectivity index (χ2v) is 4.87. The van der Waals surface area contributed by atoms with Crippen LogP contribution in [0, 0.1) is 5.82 Å². The Morgan fingerprint density at radius 3 is 2.62 bits per heavy atom. The molecule has 2 rings (SSSR count). The zero-order chi connectivity index (χ0) is 11.4. The minimum absolute atomic E-state index is 0.220. The molecule has 0 aromatic heterocycles. The van der Waals surface area contributed by atoms with Gasteiger partial charge in [-0.15, -0.1) is 0 Å². The SMILES string of the molecule is Fc1cc(CBr)cc(OC2CCCCC2)c1. The van der Waals surface area contributed by atoms with Crippen molar-refractivity contribution >= 4 is 15.9 Å². The highest BCUT2D eigenvalue weighted by Crippen LogP contribution is 2.25. The highest BCUT2D eigenvalue weighted by Gasteiger charge is 2.15. The monoisotopic (exact) mass is 286 g/mol. The van der Waals surface area contributed by atoms with Crippen LogP contribution in [0.2, 0.25) is 0 Å². The van der Waals surface area contributed by atoms with E-state index in [1.165, 1.54) is 31.4 Å². The van der Waals surface area contributed by atoms with Gasteiger partial charge in [-0.05, 0) is 43.4 Å². The predicted octanol–water partition coefficient (Wildman–Crippen LogP) is 4.43. The Kier molecular flexibility index (Phi) is 4.22. The molecule has 1 aromatic rings. The lowest BCUT2D eigenvalue weighted by Crippen LogP contribution is -2.19. The van der Waals surface area contributed by atoms with Crippen molar-refractivity contribution in [1.29, 1.82) is 0 Å². The molecule has 3 heteroatoms. The Morgan fingerprint density at radius 2 is 1.94 bits per heavy atom. The van der Waals surface area contributed by atoms with Crippen LogP contribution in [0.3, 0.4) is 0 Å². The predicted molar refractivity (Wildman–Crippen MR) is 66.5 cm³/mol. The van der Waals surface area contributed by atoms with Crippen LogP contribution in [0.1, 0.15) is 37.7 Å². The molecule has 1 aromatic carbocycles. The van der Waals surface area contributed by atoms with Crippen molar-refractivity contribution in [1.82, 2.24) is 0 Å². The van der Waals surface area contributed by atoms with Gasteiger partial charge in [0.25, 0.3) is 0 Å². The average molecular weight is 287 g/mol. The first-order valence-electron chi connectivity index (χ1n) is 5.80. The molecular formula is C13H16BrFO. The molecule has 0 bridgehead atoms. The third-order valence-electron chi connectivity index (χ3n) is 2.94. The van der Waals surface area contributed by atoms with Gasteiger partial charge in [-0.25, -0.2) is 4.39 Å². The number of rotatable bonds is 3. The van der Waals surface area contributed by atoms with Crippen LogP contribution < -0.4 is 4.74 Å². The second kappa shape index (κ2) is 5.67. The highest BCUT2D eigenvalue weighted by atomic mass is 79.9. The Morgan fingerprint density at radius 1 is 1.19 bits per heavy atom. The number of ether oxygens (including phenoxy) is 1. The summed E-state index contributed by atoms with van der Waals surface area (Å²) in [7, 11) is 0. The molecule has 1 saturated carbocycles. The molecule has 0 N–H and O–H groups in total. The largest absolute Gasteiger partial charge is 0.490 e. The maximum Gasteiger partial charge on any atom is 0.127 e. The Balaban J connectivity index is 2.04. The first-order valence-corrected chi connectivity index (χ1v) is 6.92.